The summed E-state index contributed by atoms with van der Waals surface area (Å²) in [7, 11) is 0. The molecule has 0 N–H and O–H groups in total. The summed E-state index contributed by atoms with van der Waals surface area (Å²) in [6.45, 7) is 1.83. The van der Waals surface area contributed by atoms with Crippen LogP contribution in [0.5, 0.6) is 0 Å². The van der Waals surface area contributed by atoms with E-state index in [0.717, 1.165) is 26.1 Å². The van der Waals surface area contributed by atoms with Crippen LogP contribution in [-0.4, -0.2) is 37.2 Å². The van der Waals surface area contributed by atoms with Gasteiger partial charge in [0.2, 0.25) is 0 Å². The highest BCUT2D eigenvalue weighted by molar-refractivity contribution is 6.18. The van der Waals surface area contributed by atoms with Gasteiger partial charge in [0.25, 0.3) is 0 Å². The van der Waals surface area contributed by atoms with Crippen molar-refractivity contribution in [2.75, 3.05) is 25.0 Å². The first kappa shape index (κ1) is 10.6. The largest absolute Gasteiger partial charge is 0.377 e. The molecule has 72 valence electrons. The number of rotatable bonds is 2. The average Bonchev–Trinajstić information content (AvgIpc) is 1.83. The van der Waals surface area contributed by atoms with Gasteiger partial charge in [-0.15, -0.1) is 23.2 Å². The minimum Gasteiger partial charge on any atom is -0.377 e. The molecule has 0 bridgehead atoms. The van der Waals surface area contributed by atoms with E-state index in [0.29, 0.717) is 24.0 Å². The molecule has 0 aromatic rings. The Morgan fingerprint density at radius 3 is 1.25 bits per heavy atom. The lowest BCUT2D eigenvalue weighted by molar-refractivity contribution is -0.0353. The molecule has 0 radical (unpaired) electrons. The summed E-state index contributed by atoms with van der Waals surface area (Å²) in [6, 6.07) is 0. The van der Waals surface area contributed by atoms with Gasteiger partial charge in [-0.05, 0) is 12.8 Å². The number of ether oxygens (including phenoxy) is 2. The van der Waals surface area contributed by atoms with Crippen molar-refractivity contribution in [1.82, 2.24) is 0 Å². The lowest BCUT2D eigenvalue weighted by Crippen LogP contribution is -2.27. The minimum absolute atomic E-state index is 0.381. The molecule has 2 saturated heterocycles. The van der Waals surface area contributed by atoms with Gasteiger partial charge < -0.3 is 9.47 Å². The van der Waals surface area contributed by atoms with Crippen molar-refractivity contribution >= 4 is 23.2 Å². The van der Waals surface area contributed by atoms with Crippen LogP contribution >= 0.6 is 23.2 Å². The van der Waals surface area contributed by atoms with Gasteiger partial charge in [-0.3, -0.25) is 0 Å². The Balaban J connectivity index is 0.000000120. The maximum atomic E-state index is 5.38. The number of halogens is 2. The predicted octanol–water partition coefficient (Wildman–Crippen LogP) is 2.03. The fraction of sp³-hybridized carbons (Fsp3) is 1.00. The van der Waals surface area contributed by atoms with Gasteiger partial charge in [-0.25, -0.2) is 0 Å². The van der Waals surface area contributed by atoms with Gasteiger partial charge in [0.1, 0.15) is 0 Å². The molecule has 0 amide bonds. The molecular weight excluding hydrogens is 199 g/mol. The lowest BCUT2D eigenvalue weighted by atomic mass is 10.2. The van der Waals surface area contributed by atoms with E-state index < -0.39 is 0 Å². The van der Waals surface area contributed by atoms with Crippen LogP contribution in [0.2, 0.25) is 0 Å². The normalized spacial score (nSPS) is 32.5. The Bertz CT molecular complexity index is 94.1. The molecule has 2 atom stereocenters. The Morgan fingerprint density at radius 1 is 0.917 bits per heavy atom. The third kappa shape index (κ3) is 3.48. The highest BCUT2D eigenvalue weighted by Crippen LogP contribution is 2.11. The fourth-order valence-electron chi connectivity index (χ4n) is 0.812. The molecule has 0 aliphatic carbocycles. The molecule has 0 aromatic carbocycles. The minimum atomic E-state index is 0.381. The zero-order valence-corrected chi connectivity index (χ0v) is 8.48. The van der Waals surface area contributed by atoms with E-state index in [-0.39, 0.29) is 0 Å². The maximum Gasteiger partial charge on any atom is 0.0732 e. The Labute approximate surface area is 83.1 Å². The first-order valence-corrected chi connectivity index (χ1v) is 5.29. The van der Waals surface area contributed by atoms with E-state index in [4.69, 9.17) is 32.7 Å². The molecule has 4 heteroatoms. The molecule has 2 heterocycles. The quantitative estimate of drug-likeness (QED) is 0.653. The van der Waals surface area contributed by atoms with Gasteiger partial charge in [0.15, 0.2) is 0 Å². The molecule has 2 aliphatic rings. The first-order valence-electron chi connectivity index (χ1n) is 4.22. The van der Waals surface area contributed by atoms with E-state index >= 15 is 0 Å². The Kier molecular flexibility index (Phi) is 5.32. The highest BCUT2D eigenvalue weighted by atomic mass is 35.5. The van der Waals surface area contributed by atoms with E-state index in [1.165, 1.54) is 0 Å². The smallest absolute Gasteiger partial charge is 0.0732 e. The molecule has 0 aromatic heterocycles. The van der Waals surface area contributed by atoms with Crippen LogP contribution in [0.4, 0.5) is 0 Å². The first-order chi connectivity index (χ1) is 5.86. The topological polar surface area (TPSA) is 18.5 Å². The second-order valence-corrected chi connectivity index (χ2v) is 3.49. The van der Waals surface area contributed by atoms with Crippen LogP contribution in [0.15, 0.2) is 0 Å². The molecule has 2 fully saturated rings. The number of alkyl halides is 2. The standard InChI is InChI=1S/2C4H7ClO/c2*5-3-4-1-2-6-4/h2*4H,1-3H2. The van der Waals surface area contributed by atoms with Gasteiger partial charge in [-0.1, -0.05) is 0 Å². The summed E-state index contributed by atoms with van der Waals surface area (Å²) in [4.78, 5) is 0. The zero-order chi connectivity index (χ0) is 8.81. The zero-order valence-electron chi connectivity index (χ0n) is 6.97. The fourth-order valence-corrected chi connectivity index (χ4v) is 1.30. The van der Waals surface area contributed by atoms with Crippen LogP contribution in [0, 0.1) is 0 Å². The summed E-state index contributed by atoms with van der Waals surface area (Å²) < 4.78 is 9.90. The van der Waals surface area contributed by atoms with Crippen molar-refractivity contribution in [2.45, 2.75) is 25.0 Å². The summed E-state index contributed by atoms with van der Waals surface area (Å²) in [5, 5.41) is 0. The molecule has 0 saturated carbocycles. The van der Waals surface area contributed by atoms with E-state index in [9.17, 15) is 0 Å². The molecule has 12 heavy (non-hydrogen) atoms. The van der Waals surface area contributed by atoms with Gasteiger partial charge in [0.05, 0.1) is 12.2 Å². The van der Waals surface area contributed by atoms with Crippen LogP contribution in [0.3, 0.4) is 0 Å². The van der Waals surface area contributed by atoms with Gasteiger partial charge in [-0.2, -0.15) is 0 Å². The van der Waals surface area contributed by atoms with E-state index in [1.807, 2.05) is 0 Å². The molecule has 2 unspecified atom stereocenters. The second-order valence-electron chi connectivity index (χ2n) is 2.87. The van der Waals surface area contributed by atoms with Crippen molar-refractivity contribution in [3.05, 3.63) is 0 Å². The molecule has 2 rings (SSSR count). The third-order valence-corrected chi connectivity index (χ3v) is 2.62. The Morgan fingerprint density at radius 2 is 1.25 bits per heavy atom. The summed E-state index contributed by atoms with van der Waals surface area (Å²) in [5.41, 5.74) is 0. The summed E-state index contributed by atoms with van der Waals surface area (Å²) >= 11 is 10.8. The van der Waals surface area contributed by atoms with Crippen molar-refractivity contribution in [3.63, 3.8) is 0 Å². The van der Waals surface area contributed by atoms with Gasteiger partial charge in [0, 0.05) is 25.0 Å². The lowest BCUT2D eigenvalue weighted by Gasteiger charge is -2.23. The van der Waals surface area contributed by atoms with Crippen LogP contribution in [-0.2, 0) is 9.47 Å². The third-order valence-electron chi connectivity index (χ3n) is 1.93. The number of hydrogen-bond donors (Lipinski definition) is 0. The predicted molar refractivity (Wildman–Crippen MR) is 50.2 cm³/mol. The van der Waals surface area contributed by atoms with Crippen molar-refractivity contribution in [1.29, 1.82) is 0 Å². The van der Waals surface area contributed by atoms with Crippen molar-refractivity contribution < 1.29 is 9.47 Å². The average molecular weight is 213 g/mol. The molecule has 2 aliphatic heterocycles. The summed E-state index contributed by atoms with van der Waals surface area (Å²) in [5.74, 6) is 1.33. The van der Waals surface area contributed by atoms with Crippen LogP contribution < -0.4 is 0 Å². The van der Waals surface area contributed by atoms with Crippen LogP contribution in [0.1, 0.15) is 12.8 Å². The Hall–Kier alpha value is 0.500. The molecule has 2 nitrogen and oxygen atoms in total. The van der Waals surface area contributed by atoms with Crippen molar-refractivity contribution in [2.24, 2.45) is 0 Å². The van der Waals surface area contributed by atoms with Crippen molar-refractivity contribution in [3.8, 4) is 0 Å². The summed E-state index contributed by atoms with van der Waals surface area (Å²) in [6.07, 6.45) is 3.07. The highest BCUT2D eigenvalue weighted by Gasteiger charge is 2.15. The monoisotopic (exact) mass is 212 g/mol. The van der Waals surface area contributed by atoms with Gasteiger partial charge >= 0.3 is 0 Å². The SMILES string of the molecule is ClCC1CCO1.ClCC1CCO1. The molecule has 0 spiro atoms. The van der Waals surface area contributed by atoms with E-state index in [1.54, 1.807) is 0 Å². The number of hydrogen-bond acceptors (Lipinski definition) is 2. The second kappa shape index (κ2) is 6.03. The maximum absolute atomic E-state index is 5.38. The molecular formula is C8H14Cl2O2. The van der Waals surface area contributed by atoms with Crippen LogP contribution in [0.25, 0.3) is 0 Å². The van der Waals surface area contributed by atoms with E-state index in [2.05, 4.69) is 0 Å².